The summed E-state index contributed by atoms with van der Waals surface area (Å²) in [7, 11) is 6.29. The second-order valence-corrected chi connectivity index (χ2v) is 9.94. The lowest BCUT2D eigenvalue weighted by molar-refractivity contribution is -0.301. The molecule has 1 N–H and O–H groups in total. The molecule has 0 aliphatic carbocycles. The molecule has 1 aromatic heterocycles. The Balaban J connectivity index is 1.99. The van der Waals surface area contributed by atoms with Crippen LogP contribution in [0.25, 0.3) is 22.3 Å². The zero-order chi connectivity index (χ0) is 31.7. The molecular weight excluding hydrogens is 582 g/mol. The van der Waals surface area contributed by atoms with Gasteiger partial charge in [-0.2, -0.15) is 0 Å². The van der Waals surface area contributed by atoms with E-state index in [9.17, 15) is 30.7 Å². The first-order valence-electron chi connectivity index (χ1n) is 12.6. The van der Waals surface area contributed by atoms with Crippen LogP contribution in [0, 0.1) is 66.2 Å². The van der Waals surface area contributed by atoms with Crippen LogP contribution in [0.2, 0.25) is 0 Å². The Morgan fingerprint density at radius 1 is 0.628 bits per heavy atom. The molecule has 4 aromatic rings. The van der Waals surface area contributed by atoms with Gasteiger partial charge in [0.15, 0.2) is 34.7 Å². The van der Waals surface area contributed by atoms with Gasteiger partial charge in [-0.15, -0.1) is 0 Å². The van der Waals surface area contributed by atoms with Gasteiger partial charge in [0.25, 0.3) is 0 Å². The predicted molar refractivity (Wildman–Crippen MR) is 144 cm³/mol. The average molecular weight is 601 g/mol. The first-order valence-corrected chi connectivity index (χ1v) is 12.6. The molecule has 1 aliphatic heterocycles. The van der Waals surface area contributed by atoms with Gasteiger partial charge in [0.05, 0.1) is 33.5 Å². The standard InChI is InChI=1S/C31H19BF9N2/c1-11-19(21-15(33)7-5-8-16(21)34)13(3)42-30(11)24(23-25(37)27(39)29(41)28(40)26(23)38)31-12(2)20(14(4)43(31)32)22-17(35)9-6-10-18(22)36/h5-10,42H,1-4H3/q+1. The zero-order valence-corrected chi connectivity index (χ0v) is 22.9. The Kier molecular flexibility index (Phi) is 7.44. The molecule has 0 bridgehead atoms. The molecule has 0 saturated heterocycles. The third-order valence-electron chi connectivity index (χ3n) is 7.50. The summed E-state index contributed by atoms with van der Waals surface area (Å²) in [4.78, 5) is 2.76. The molecule has 3 aromatic carbocycles. The van der Waals surface area contributed by atoms with Gasteiger partial charge in [-0.1, -0.05) is 12.1 Å². The number of allylic oxidation sites excluding steroid dienone is 2. The number of hydrogen-bond acceptors (Lipinski definition) is 0. The number of aromatic nitrogens is 1. The number of halogens is 9. The molecule has 218 valence electrons. The van der Waals surface area contributed by atoms with E-state index in [4.69, 9.17) is 7.98 Å². The van der Waals surface area contributed by atoms with Gasteiger partial charge >= 0.3 is 7.98 Å². The van der Waals surface area contributed by atoms with E-state index >= 15 is 8.78 Å². The number of benzene rings is 3. The molecule has 0 fully saturated rings. The summed E-state index contributed by atoms with van der Waals surface area (Å²) in [5.41, 5.74) is -4.21. The summed E-state index contributed by atoms with van der Waals surface area (Å²) in [6, 6.07) is 6.12. The van der Waals surface area contributed by atoms with Crippen LogP contribution in [0.3, 0.4) is 0 Å². The Morgan fingerprint density at radius 2 is 1.07 bits per heavy atom. The Hall–Kier alpha value is -4.48. The number of aromatic amines is 1. The molecule has 43 heavy (non-hydrogen) atoms. The Morgan fingerprint density at radius 3 is 1.56 bits per heavy atom. The third-order valence-corrected chi connectivity index (χ3v) is 7.50. The highest BCUT2D eigenvalue weighted by molar-refractivity contribution is 6.27. The van der Waals surface area contributed by atoms with Crippen molar-refractivity contribution in [1.29, 1.82) is 0 Å². The molecule has 2 heterocycles. The number of H-pyrrole nitrogens is 1. The maximum absolute atomic E-state index is 15.5. The first kappa shape index (κ1) is 30.0. The smallest absolute Gasteiger partial charge is 0.358 e. The van der Waals surface area contributed by atoms with Crippen molar-refractivity contribution in [3.05, 3.63) is 128 Å². The number of nitrogens with one attached hydrogen (secondary N) is 1. The van der Waals surface area contributed by atoms with E-state index < -0.39 is 74.6 Å². The van der Waals surface area contributed by atoms with Crippen molar-refractivity contribution in [1.82, 2.24) is 4.98 Å². The van der Waals surface area contributed by atoms with Crippen LogP contribution >= 0.6 is 0 Å². The van der Waals surface area contributed by atoms with E-state index in [0.717, 1.165) is 40.9 Å². The van der Waals surface area contributed by atoms with Gasteiger partial charge < -0.3 is 4.98 Å². The molecule has 1 aliphatic rings. The predicted octanol–water partition coefficient (Wildman–Crippen LogP) is 8.35. The average Bonchev–Trinajstić information content (AvgIpc) is 3.35. The Bertz CT molecular complexity index is 1900. The van der Waals surface area contributed by atoms with Gasteiger partial charge in [-0.3, -0.25) is 4.49 Å². The van der Waals surface area contributed by atoms with Crippen molar-refractivity contribution in [3.8, 4) is 11.1 Å². The maximum Gasteiger partial charge on any atom is 0.587 e. The summed E-state index contributed by atoms with van der Waals surface area (Å²) in [6.45, 7) is 5.32. The van der Waals surface area contributed by atoms with Gasteiger partial charge in [-0.05, 0) is 50.6 Å². The molecule has 12 heteroatoms. The molecule has 0 saturated carbocycles. The van der Waals surface area contributed by atoms with E-state index in [1.807, 2.05) is 0 Å². The highest BCUT2D eigenvalue weighted by Crippen LogP contribution is 2.45. The summed E-state index contributed by atoms with van der Waals surface area (Å²) < 4.78 is 135. The maximum atomic E-state index is 15.5. The molecule has 0 atom stereocenters. The van der Waals surface area contributed by atoms with Crippen LogP contribution in [0.5, 0.6) is 0 Å². The molecule has 2 nitrogen and oxygen atoms in total. The van der Waals surface area contributed by atoms with E-state index in [1.54, 1.807) is 0 Å². The number of hydrogen-bond donors (Lipinski definition) is 1. The van der Waals surface area contributed by atoms with E-state index in [0.29, 0.717) is 0 Å². The SMILES string of the molecule is [B][N+]1=C(C)C(c2c(F)cccc2F)=C(C)/C1=C(/c1[nH]c(C)c(-c2c(F)cccc2F)c1C)c1c(F)c(F)c(F)c(F)c1F. The van der Waals surface area contributed by atoms with Crippen molar-refractivity contribution in [3.63, 3.8) is 0 Å². The minimum atomic E-state index is -2.42. The number of aryl methyl sites for hydroxylation is 1. The van der Waals surface area contributed by atoms with E-state index in [-0.39, 0.29) is 45.1 Å². The number of rotatable bonds is 4. The quantitative estimate of drug-likeness (QED) is 0.105. The lowest BCUT2D eigenvalue weighted by atomic mass is 9.90. The van der Waals surface area contributed by atoms with Crippen LogP contribution in [0.15, 0.2) is 47.7 Å². The fourth-order valence-electron chi connectivity index (χ4n) is 5.57. The highest BCUT2D eigenvalue weighted by atomic mass is 19.2. The molecule has 0 amide bonds. The molecule has 2 radical (unpaired) electrons. The van der Waals surface area contributed by atoms with Crippen LogP contribution in [0.1, 0.15) is 41.9 Å². The molecule has 0 unspecified atom stereocenters. The first-order chi connectivity index (χ1) is 20.2. The van der Waals surface area contributed by atoms with Gasteiger partial charge in [0.2, 0.25) is 5.82 Å². The largest absolute Gasteiger partial charge is 0.587 e. The summed E-state index contributed by atoms with van der Waals surface area (Å²) in [6.07, 6.45) is 0. The fraction of sp³-hybridized carbons (Fsp3) is 0.129. The van der Waals surface area contributed by atoms with Gasteiger partial charge in [-0.25, -0.2) is 39.5 Å². The fourth-order valence-corrected chi connectivity index (χ4v) is 5.57. The van der Waals surface area contributed by atoms with Crippen molar-refractivity contribution < 1.29 is 44.0 Å². The lowest BCUT2D eigenvalue weighted by Crippen LogP contribution is -2.15. The van der Waals surface area contributed by atoms with Gasteiger partial charge in [0.1, 0.15) is 23.3 Å². The molecular formula is C31H19BF9N2+. The second kappa shape index (κ2) is 10.7. The van der Waals surface area contributed by atoms with Crippen molar-refractivity contribution >= 4 is 24.8 Å². The van der Waals surface area contributed by atoms with Crippen molar-refractivity contribution in [2.75, 3.05) is 0 Å². The second-order valence-electron chi connectivity index (χ2n) is 9.94. The number of nitrogens with zero attached hydrogens (tertiary/aromatic N) is 1. The van der Waals surface area contributed by atoms with E-state index in [1.165, 1.54) is 27.7 Å². The lowest BCUT2D eigenvalue weighted by Gasteiger charge is -2.15. The van der Waals surface area contributed by atoms with Crippen LogP contribution in [-0.2, 0) is 0 Å². The van der Waals surface area contributed by atoms with Crippen molar-refractivity contribution in [2.45, 2.75) is 27.7 Å². The van der Waals surface area contributed by atoms with E-state index in [2.05, 4.69) is 4.98 Å². The van der Waals surface area contributed by atoms with Crippen molar-refractivity contribution in [2.24, 2.45) is 0 Å². The summed E-state index contributed by atoms with van der Waals surface area (Å²) in [5.74, 6) is -15.4. The van der Waals surface area contributed by atoms with Crippen LogP contribution in [-0.4, -0.2) is 23.2 Å². The molecule has 5 rings (SSSR count). The minimum Gasteiger partial charge on any atom is -0.358 e. The van der Waals surface area contributed by atoms with Gasteiger partial charge in [0, 0.05) is 23.8 Å². The zero-order valence-electron chi connectivity index (χ0n) is 22.9. The third kappa shape index (κ3) is 4.42. The minimum absolute atomic E-state index is 0.0285. The topological polar surface area (TPSA) is 18.8 Å². The monoisotopic (exact) mass is 601 g/mol. The Labute approximate surface area is 240 Å². The normalized spacial score (nSPS) is 14.8. The summed E-state index contributed by atoms with van der Waals surface area (Å²) in [5, 5.41) is 0. The summed E-state index contributed by atoms with van der Waals surface area (Å²) >= 11 is 0. The van der Waals surface area contributed by atoms with Crippen LogP contribution in [0.4, 0.5) is 39.5 Å². The van der Waals surface area contributed by atoms with Crippen LogP contribution < -0.4 is 0 Å². The molecule has 0 spiro atoms. The highest BCUT2D eigenvalue weighted by Gasteiger charge is 2.40.